The van der Waals surface area contributed by atoms with Gasteiger partial charge in [-0.1, -0.05) is 31.0 Å². The Labute approximate surface area is 101 Å². The zero-order chi connectivity index (χ0) is 12.0. The van der Waals surface area contributed by atoms with Crippen molar-refractivity contribution in [2.75, 3.05) is 0 Å². The van der Waals surface area contributed by atoms with E-state index in [0.717, 1.165) is 17.7 Å². The first-order valence-corrected chi connectivity index (χ1v) is 6.45. The summed E-state index contributed by atoms with van der Waals surface area (Å²) in [5.41, 5.74) is 1.23. The highest BCUT2D eigenvalue weighted by molar-refractivity contribution is 8.00. The van der Waals surface area contributed by atoms with E-state index < -0.39 is 5.97 Å². The van der Waals surface area contributed by atoms with Crippen molar-refractivity contribution in [3.8, 4) is 0 Å². The van der Waals surface area contributed by atoms with Gasteiger partial charge in [-0.05, 0) is 25.5 Å². The zero-order valence-corrected chi connectivity index (χ0v) is 10.6. The molecule has 1 aromatic rings. The van der Waals surface area contributed by atoms with Gasteiger partial charge in [0.15, 0.2) is 0 Å². The maximum absolute atomic E-state index is 10.7. The van der Waals surface area contributed by atoms with Gasteiger partial charge in [0, 0.05) is 10.1 Å². The summed E-state index contributed by atoms with van der Waals surface area (Å²) in [4.78, 5) is 11.9. The highest BCUT2D eigenvalue weighted by Crippen LogP contribution is 2.28. The number of hydrogen-bond acceptors (Lipinski definition) is 2. The first kappa shape index (κ1) is 13.1. The van der Waals surface area contributed by atoms with Gasteiger partial charge in [-0.15, -0.1) is 11.8 Å². The Morgan fingerprint density at radius 2 is 2.00 bits per heavy atom. The second-order valence-electron chi connectivity index (χ2n) is 3.94. The van der Waals surface area contributed by atoms with E-state index >= 15 is 0 Å². The van der Waals surface area contributed by atoms with E-state index in [1.54, 1.807) is 11.8 Å². The average Bonchev–Trinajstić information content (AvgIpc) is 2.21. The number of aryl methyl sites for hydroxylation is 1. The van der Waals surface area contributed by atoms with Crippen LogP contribution in [0.1, 0.15) is 31.7 Å². The molecule has 1 atom stereocenters. The van der Waals surface area contributed by atoms with Crippen molar-refractivity contribution in [2.45, 2.75) is 43.3 Å². The largest absolute Gasteiger partial charge is 0.481 e. The maximum Gasteiger partial charge on any atom is 0.304 e. The van der Waals surface area contributed by atoms with Gasteiger partial charge in [0.25, 0.3) is 0 Å². The highest BCUT2D eigenvalue weighted by Gasteiger charge is 2.13. The van der Waals surface area contributed by atoms with Crippen LogP contribution in [0.15, 0.2) is 29.2 Å². The summed E-state index contributed by atoms with van der Waals surface area (Å²) in [6, 6.07) is 8.24. The Balaban J connectivity index is 2.59. The van der Waals surface area contributed by atoms with Crippen molar-refractivity contribution in [1.29, 1.82) is 0 Å². The molecule has 0 aliphatic heterocycles. The smallest absolute Gasteiger partial charge is 0.304 e. The molecule has 0 aliphatic carbocycles. The highest BCUT2D eigenvalue weighted by atomic mass is 32.2. The van der Waals surface area contributed by atoms with Crippen LogP contribution in [-0.4, -0.2) is 16.3 Å². The molecule has 0 bridgehead atoms. The number of hydrogen-bond donors (Lipinski definition) is 1. The van der Waals surface area contributed by atoms with E-state index in [1.807, 2.05) is 0 Å². The molecule has 3 heteroatoms. The van der Waals surface area contributed by atoms with Crippen molar-refractivity contribution in [3.05, 3.63) is 29.8 Å². The summed E-state index contributed by atoms with van der Waals surface area (Å²) in [6.45, 7) is 4.14. The van der Waals surface area contributed by atoms with E-state index in [9.17, 15) is 4.79 Å². The Morgan fingerprint density at radius 3 is 2.50 bits per heavy atom. The first-order valence-electron chi connectivity index (χ1n) is 5.57. The topological polar surface area (TPSA) is 37.3 Å². The predicted octanol–water partition coefficient (Wildman–Crippen LogP) is 3.73. The fraction of sp³-hybridized carbons (Fsp3) is 0.462. The predicted molar refractivity (Wildman–Crippen MR) is 68.0 cm³/mol. The number of carboxylic acids is 1. The van der Waals surface area contributed by atoms with Gasteiger partial charge in [-0.2, -0.15) is 0 Å². The Hall–Kier alpha value is -0.960. The number of thioether (sulfide) groups is 1. The Bertz CT molecular complexity index is 332. The fourth-order valence-corrected chi connectivity index (χ4v) is 2.79. The van der Waals surface area contributed by atoms with Crippen LogP contribution in [0.4, 0.5) is 0 Å². The van der Waals surface area contributed by atoms with Gasteiger partial charge in [0.1, 0.15) is 0 Å². The summed E-state index contributed by atoms with van der Waals surface area (Å²) < 4.78 is 0. The summed E-state index contributed by atoms with van der Waals surface area (Å²) >= 11 is 1.67. The van der Waals surface area contributed by atoms with Crippen molar-refractivity contribution in [3.63, 3.8) is 0 Å². The lowest BCUT2D eigenvalue weighted by Gasteiger charge is -2.13. The van der Waals surface area contributed by atoms with Crippen molar-refractivity contribution in [2.24, 2.45) is 0 Å². The molecule has 0 saturated heterocycles. The van der Waals surface area contributed by atoms with E-state index in [-0.39, 0.29) is 11.7 Å². The first-order chi connectivity index (χ1) is 7.61. The van der Waals surface area contributed by atoms with Crippen LogP contribution in [0.2, 0.25) is 0 Å². The van der Waals surface area contributed by atoms with Gasteiger partial charge in [-0.3, -0.25) is 4.79 Å². The lowest BCUT2D eigenvalue weighted by molar-refractivity contribution is -0.137. The third kappa shape index (κ3) is 4.71. The second kappa shape index (κ2) is 6.59. The summed E-state index contributed by atoms with van der Waals surface area (Å²) in [6.07, 6.45) is 2.22. The number of aliphatic carboxylic acids is 1. The molecule has 1 N–H and O–H groups in total. The molecular formula is C13H18O2S. The Kier molecular flexibility index (Phi) is 5.39. The standard InChI is InChI=1S/C13H18O2S/c1-3-4-12(9-13(14)15)16-11-7-5-10(2)6-8-11/h5-8,12H,3-4,9H2,1-2H3,(H,14,15)/t12-/m0/s1. The van der Waals surface area contributed by atoms with Gasteiger partial charge in [0.2, 0.25) is 0 Å². The molecule has 88 valence electrons. The van der Waals surface area contributed by atoms with E-state index in [2.05, 4.69) is 38.1 Å². The van der Waals surface area contributed by atoms with Gasteiger partial charge < -0.3 is 5.11 Å². The number of benzene rings is 1. The second-order valence-corrected chi connectivity index (χ2v) is 5.31. The number of carbonyl (C=O) groups is 1. The zero-order valence-electron chi connectivity index (χ0n) is 9.77. The third-order valence-electron chi connectivity index (χ3n) is 2.34. The summed E-state index contributed by atoms with van der Waals surface area (Å²) in [5, 5.41) is 9.00. The van der Waals surface area contributed by atoms with Crippen LogP contribution >= 0.6 is 11.8 Å². The molecule has 0 unspecified atom stereocenters. The summed E-state index contributed by atoms with van der Waals surface area (Å²) in [5.74, 6) is -0.710. The SMILES string of the molecule is CCC[C@@H](CC(=O)O)Sc1ccc(C)cc1. The van der Waals surface area contributed by atoms with Gasteiger partial charge in [-0.25, -0.2) is 0 Å². The molecule has 0 saturated carbocycles. The van der Waals surface area contributed by atoms with Crippen LogP contribution in [0.25, 0.3) is 0 Å². The maximum atomic E-state index is 10.7. The summed E-state index contributed by atoms with van der Waals surface area (Å²) in [7, 11) is 0. The lowest BCUT2D eigenvalue weighted by atomic mass is 10.2. The van der Waals surface area contributed by atoms with Crippen molar-refractivity contribution < 1.29 is 9.90 Å². The molecule has 0 spiro atoms. The minimum absolute atomic E-state index is 0.185. The Morgan fingerprint density at radius 1 is 1.38 bits per heavy atom. The molecular weight excluding hydrogens is 220 g/mol. The van der Waals surface area contributed by atoms with Gasteiger partial charge in [0.05, 0.1) is 6.42 Å². The molecule has 16 heavy (non-hydrogen) atoms. The minimum atomic E-state index is -0.710. The molecule has 0 aromatic heterocycles. The number of carboxylic acid groups (broad SMARTS) is 1. The van der Waals surface area contributed by atoms with Crippen LogP contribution in [0.5, 0.6) is 0 Å². The molecule has 1 rings (SSSR count). The fourth-order valence-electron chi connectivity index (χ4n) is 1.53. The normalized spacial score (nSPS) is 12.4. The minimum Gasteiger partial charge on any atom is -0.481 e. The monoisotopic (exact) mass is 238 g/mol. The molecule has 0 fully saturated rings. The third-order valence-corrected chi connectivity index (χ3v) is 3.62. The molecule has 0 radical (unpaired) electrons. The molecule has 1 aromatic carbocycles. The van der Waals surface area contributed by atoms with Crippen LogP contribution < -0.4 is 0 Å². The van der Waals surface area contributed by atoms with E-state index in [1.165, 1.54) is 5.56 Å². The van der Waals surface area contributed by atoms with Crippen LogP contribution in [0.3, 0.4) is 0 Å². The molecule has 0 aliphatic rings. The molecule has 0 heterocycles. The van der Waals surface area contributed by atoms with Crippen molar-refractivity contribution >= 4 is 17.7 Å². The average molecular weight is 238 g/mol. The van der Waals surface area contributed by atoms with Crippen LogP contribution in [-0.2, 0) is 4.79 Å². The van der Waals surface area contributed by atoms with E-state index in [0.29, 0.717) is 0 Å². The van der Waals surface area contributed by atoms with Gasteiger partial charge >= 0.3 is 5.97 Å². The van der Waals surface area contributed by atoms with Crippen LogP contribution in [0, 0.1) is 6.92 Å². The molecule has 2 nitrogen and oxygen atoms in total. The molecule has 0 amide bonds. The lowest BCUT2D eigenvalue weighted by Crippen LogP contribution is -2.09. The number of rotatable bonds is 6. The quantitative estimate of drug-likeness (QED) is 0.767. The van der Waals surface area contributed by atoms with E-state index in [4.69, 9.17) is 5.11 Å². The van der Waals surface area contributed by atoms with Crippen molar-refractivity contribution in [1.82, 2.24) is 0 Å².